The van der Waals surface area contributed by atoms with Crippen LogP contribution in [-0.2, 0) is 0 Å². The average Bonchev–Trinajstić information content (AvgIpc) is 2.48. The Balaban J connectivity index is 1.89. The molecule has 0 saturated heterocycles. The van der Waals surface area contributed by atoms with Gasteiger partial charge in [-0.1, -0.05) is 0 Å². The molecular weight excluding hydrogens is 391 g/mol. The molecule has 21 heavy (non-hydrogen) atoms. The zero-order valence-electron chi connectivity index (χ0n) is 12.6. The molecular formula is C16H20AsBrN2O. The molecule has 1 unspecified atom stereocenters. The SMILES string of the molecule is Cc1ncnc([AsH]CCOc2ccccc2C(C)C)c1Br. The molecule has 0 aliphatic heterocycles. The molecule has 0 radical (unpaired) electrons. The molecule has 0 aliphatic carbocycles. The van der Waals surface area contributed by atoms with E-state index in [0.717, 1.165) is 27.7 Å². The number of ether oxygens (including phenoxy) is 1. The summed E-state index contributed by atoms with van der Waals surface area (Å²) in [6, 6.07) is 8.29. The number of para-hydroxylation sites is 1. The van der Waals surface area contributed by atoms with E-state index in [9.17, 15) is 0 Å². The molecule has 5 heteroatoms. The Morgan fingerprint density at radius 1 is 1.24 bits per heavy atom. The van der Waals surface area contributed by atoms with E-state index in [0.29, 0.717) is 5.92 Å². The molecule has 112 valence electrons. The van der Waals surface area contributed by atoms with Crippen molar-refractivity contribution < 1.29 is 4.74 Å². The second-order valence-electron chi connectivity index (χ2n) is 5.09. The predicted octanol–water partition coefficient (Wildman–Crippen LogP) is 3.23. The van der Waals surface area contributed by atoms with Crippen LogP contribution in [0.15, 0.2) is 35.1 Å². The van der Waals surface area contributed by atoms with Gasteiger partial charge < -0.3 is 0 Å². The summed E-state index contributed by atoms with van der Waals surface area (Å²) in [6.45, 7) is 7.13. The van der Waals surface area contributed by atoms with Crippen LogP contribution in [0.2, 0.25) is 5.21 Å². The van der Waals surface area contributed by atoms with Gasteiger partial charge in [0.1, 0.15) is 0 Å². The van der Waals surface area contributed by atoms with Crippen molar-refractivity contribution >= 4 is 36.2 Å². The number of aryl methyl sites for hydroxylation is 1. The Morgan fingerprint density at radius 3 is 2.76 bits per heavy atom. The van der Waals surface area contributed by atoms with Crippen LogP contribution in [0, 0.1) is 6.92 Å². The number of benzene rings is 1. The molecule has 2 rings (SSSR count). The number of hydrogen-bond acceptors (Lipinski definition) is 3. The van der Waals surface area contributed by atoms with Crippen LogP contribution in [0.3, 0.4) is 0 Å². The summed E-state index contributed by atoms with van der Waals surface area (Å²) in [5.74, 6) is 1.49. The van der Waals surface area contributed by atoms with Crippen molar-refractivity contribution in [1.82, 2.24) is 9.97 Å². The van der Waals surface area contributed by atoms with Crippen molar-refractivity contribution in [3.05, 3.63) is 46.3 Å². The molecule has 0 fully saturated rings. The quantitative estimate of drug-likeness (QED) is 0.541. The van der Waals surface area contributed by atoms with E-state index in [1.54, 1.807) is 6.33 Å². The average molecular weight is 411 g/mol. The van der Waals surface area contributed by atoms with Crippen molar-refractivity contribution in [2.24, 2.45) is 0 Å². The van der Waals surface area contributed by atoms with Crippen molar-refractivity contribution in [1.29, 1.82) is 0 Å². The molecule has 0 spiro atoms. The first-order valence-corrected chi connectivity index (χ1v) is 10.3. The third kappa shape index (κ3) is 4.55. The van der Waals surface area contributed by atoms with Gasteiger partial charge in [-0.05, 0) is 0 Å². The Labute approximate surface area is 141 Å². The maximum absolute atomic E-state index is 5.96. The van der Waals surface area contributed by atoms with Crippen molar-refractivity contribution in [2.75, 3.05) is 6.61 Å². The summed E-state index contributed by atoms with van der Waals surface area (Å²) in [7, 11) is 0. The summed E-state index contributed by atoms with van der Waals surface area (Å²) in [5.41, 5.74) is 2.28. The fraction of sp³-hybridized carbons (Fsp3) is 0.375. The van der Waals surface area contributed by atoms with Crippen LogP contribution in [-0.4, -0.2) is 32.3 Å². The van der Waals surface area contributed by atoms with Gasteiger partial charge in [-0.25, -0.2) is 0 Å². The number of hydrogen-bond donors (Lipinski definition) is 0. The summed E-state index contributed by atoms with van der Waals surface area (Å²) in [4.78, 5) is 8.55. The Bertz CT molecular complexity index is 605. The van der Waals surface area contributed by atoms with Gasteiger partial charge >= 0.3 is 141 Å². The Morgan fingerprint density at radius 2 is 2.00 bits per heavy atom. The maximum atomic E-state index is 5.96. The van der Waals surface area contributed by atoms with Crippen LogP contribution >= 0.6 is 15.9 Å². The number of rotatable bonds is 6. The van der Waals surface area contributed by atoms with E-state index < -0.39 is 0 Å². The van der Waals surface area contributed by atoms with Gasteiger partial charge in [0.15, 0.2) is 0 Å². The topological polar surface area (TPSA) is 35.0 Å². The summed E-state index contributed by atoms with van der Waals surface area (Å²) in [6.07, 6.45) is 1.65. The Kier molecular flexibility index (Phi) is 6.25. The molecule has 2 aromatic rings. The van der Waals surface area contributed by atoms with Gasteiger partial charge in [0, 0.05) is 0 Å². The van der Waals surface area contributed by atoms with Crippen LogP contribution in [0.1, 0.15) is 31.0 Å². The van der Waals surface area contributed by atoms with E-state index in [-0.39, 0.29) is 15.8 Å². The second kappa shape index (κ2) is 7.95. The van der Waals surface area contributed by atoms with Crippen molar-refractivity contribution in [3.63, 3.8) is 0 Å². The van der Waals surface area contributed by atoms with E-state index in [4.69, 9.17) is 4.74 Å². The molecule has 0 aliphatic rings. The van der Waals surface area contributed by atoms with Crippen molar-refractivity contribution in [3.8, 4) is 5.75 Å². The molecule has 1 atom stereocenters. The molecule has 1 aromatic heterocycles. The fourth-order valence-corrected chi connectivity index (χ4v) is 4.88. The van der Waals surface area contributed by atoms with E-state index in [2.05, 4.69) is 57.9 Å². The predicted molar refractivity (Wildman–Crippen MR) is 92.1 cm³/mol. The van der Waals surface area contributed by atoms with Crippen LogP contribution < -0.4 is 9.22 Å². The molecule has 0 amide bonds. The Hall–Kier alpha value is -0.862. The first kappa shape index (κ1) is 16.5. The first-order chi connectivity index (χ1) is 10.1. The van der Waals surface area contributed by atoms with Crippen LogP contribution in [0.25, 0.3) is 0 Å². The minimum atomic E-state index is -0.301. The zero-order valence-corrected chi connectivity index (χ0v) is 16.2. The summed E-state index contributed by atoms with van der Waals surface area (Å²) in [5, 5.41) is 1.06. The van der Waals surface area contributed by atoms with Gasteiger partial charge in [0.2, 0.25) is 0 Å². The van der Waals surface area contributed by atoms with E-state index in [1.807, 2.05) is 13.0 Å². The van der Waals surface area contributed by atoms with E-state index >= 15 is 0 Å². The summed E-state index contributed by atoms with van der Waals surface area (Å²) < 4.78 is 8.20. The first-order valence-electron chi connectivity index (χ1n) is 7.02. The van der Waals surface area contributed by atoms with Gasteiger partial charge in [-0.2, -0.15) is 0 Å². The van der Waals surface area contributed by atoms with Crippen LogP contribution in [0.4, 0.5) is 0 Å². The second-order valence-corrected chi connectivity index (χ2v) is 8.67. The van der Waals surface area contributed by atoms with Gasteiger partial charge in [0.05, 0.1) is 0 Å². The third-order valence-electron chi connectivity index (χ3n) is 3.16. The van der Waals surface area contributed by atoms with Gasteiger partial charge in [0.25, 0.3) is 0 Å². The zero-order chi connectivity index (χ0) is 15.2. The fourth-order valence-electron chi connectivity index (χ4n) is 2.00. The molecule has 1 heterocycles. The standard InChI is InChI=1S/C16H20AsBrN2O/c1-11(2)13-6-4-5-7-14(13)21-9-8-17-16-15(18)12(3)19-10-20-16/h4-7,10-11,17H,8-9H2,1-3H3. The molecule has 0 saturated carbocycles. The van der Waals surface area contributed by atoms with Crippen molar-refractivity contribution in [2.45, 2.75) is 31.9 Å². The molecule has 1 aromatic carbocycles. The normalized spacial score (nSPS) is 11.5. The molecule has 3 nitrogen and oxygen atoms in total. The number of nitrogens with zero attached hydrogens (tertiary/aromatic N) is 2. The van der Waals surface area contributed by atoms with Gasteiger partial charge in [-0.3, -0.25) is 0 Å². The van der Waals surface area contributed by atoms with Gasteiger partial charge in [-0.15, -0.1) is 0 Å². The number of aromatic nitrogens is 2. The molecule has 0 bridgehead atoms. The number of halogens is 1. The molecule has 0 N–H and O–H groups in total. The van der Waals surface area contributed by atoms with Crippen LogP contribution in [0.5, 0.6) is 5.75 Å². The summed E-state index contributed by atoms with van der Waals surface area (Å²) >= 11 is 3.27. The van der Waals surface area contributed by atoms with E-state index in [1.165, 1.54) is 10.0 Å². The monoisotopic (exact) mass is 410 g/mol. The third-order valence-corrected chi connectivity index (χ3v) is 7.32. The minimum absolute atomic E-state index is 0.301.